The Labute approximate surface area is 90.9 Å². The summed E-state index contributed by atoms with van der Waals surface area (Å²) in [6.07, 6.45) is 7.28. The van der Waals surface area contributed by atoms with Gasteiger partial charge in [0.2, 0.25) is 0 Å². The maximum Gasteiger partial charge on any atom is 0.0951 e. The van der Waals surface area contributed by atoms with Gasteiger partial charge < -0.3 is 9.88 Å². The Morgan fingerprint density at radius 3 is 3.20 bits per heavy atom. The van der Waals surface area contributed by atoms with Crippen LogP contribution in [0.2, 0.25) is 0 Å². The molecule has 0 saturated carbocycles. The minimum absolute atomic E-state index is 0.771. The minimum Gasteiger partial charge on any atom is -0.334 e. The monoisotopic (exact) mass is 205 g/mol. The van der Waals surface area contributed by atoms with E-state index in [0.717, 1.165) is 12.0 Å². The van der Waals surface area contributed by atoms with Gasteiger partial charge in [0.05, 0.1) is 12.0 Å². The van der Waals surface area contributed by atoms with Crippen molar-refractivity contribution in [3.05, 3.63) is 17.7 Å². The molecule has 3 heteroatoms. The zero-order valence-electron chi connectivity index (χ0n) is 9.37. The SMILES string of the molecule is Cc1ncn2c1CC(C1CCCN1)CC2. The van der Waals surface area contributed by atoms with E-state index in [1.54, 1.807) is 0 Å². The van der Waals surface area contributed by atoms with Crippen molar-refractivity contribution in [3.8, 4) is 0 Å². The van der Waals surface area contributed by atoms with E-state index in [0.29, 0.717) is 0 Å². The van der Waals surface area contributed by atoms with Crippen molar-refractivity contribution in [2.24, 2.45) is 5.92 Å². The first-order valence-corrected chi connectivity index (χ1v) is 6.08. The van der Waals surface area contributed by atoms with Crippen LogP contribution in [0.25, 0.3) is 0 Å². The zero-order chi connectivity index (χ0) is 10.3. The van der Waals surface area contributed by atoms with E-state index in [1.165, 1.54) is 50.2 Å². The van der Waals surface area contributed by atoms with Gasteiger partial charge in [-0.15, -0.1) is 0 Å². The van der Waals surface area contributed by atoms with Gasteiger partial charge in [-0.2, -0.15) is 0 Å². The molecule has 0 aromatic carbocycles. The van der Waals surface area contributed by atoms with Crippen LogP contribution in [-0.2, 0) is 13.0 Å². The molecular formula is C12H19N3. The van der Waals surface area contributed by atoms with Crippen molar-refractivity contribution in [2.45, 2.75) is 45.2 Å². The van der Waals surface area contributed by atoms with Crippen molar-refractivity contribution < 1.29 is 0 Å². The van der Waals surface area contributed by atoms with E-state index >= 15 is 0 Å². The van der Waals surface area contributed by atoms with Crippen molar-refractivity contribution in [3.63, 3.8) is 0 Å². The number of aryl methyl sites for hydroxylation is 2. The molecule has 1 saturated heterocycles. The van der Waals surface area contributed by atoms with Gasteiger partial charge in [-0.25, -0.2) is 4.98 Å². The molecular weight excluding hydrogens is 186 g/mol. The van der Waals surface area contributed by atoms with Gasteiger partial charge in [0.1, 0.15) is 0 Å². The molecule has 3 heterocycles. The minimum atomic E-state index is 0.771. The van der Waals surface area contributed by atoms with Crippen molar-refractivity contribution in [1.29, 1.82) is 0 Å². The first-order chi connectivity index (χ1) is 7.34. The number of hydrogen-bond acceptors (Lipinski definition) is 2. The summed E-state index contributed by atoms with van der Waals surface area (Å²) in [5.41, 5.74) is 2.71. The van der Waals surface area contributed by atoms with Gasteiger partial charge in [0, 0.05) is 18.3 Å². The highest BCUT2D eigenvalue weighted by atomic mass is 15.1. The lowest BCUT2D eigenvalue weighted by Gasteiger charge is -2.29. The lowest BCUT2D eigenvalue weighted by Crippen LogP contribution is -2.35. The molecule has 1 aromatic rings. The van der Waals surface area contributed by atoms with Gasteiger partial charge >= 0.3 is 0 Å². The molecule has 0 amide bonds. The molecule has 0 aliphatic carbocycles. The summed E-state index contributed by atoms with van der Waals surface area (Å²) in [5, 5.41) is 3.64. The van der Waals surface area contributed by atoms with Gasteiger partial charge in [-0.1, -0.05) is 0 Å². The third-order valence-corrected chi connectivity index (χ3v) is 4.02. The standard InChI is InChI=1S/C12H19N3/c1-9-12-7-10(11-3-2-5-13-11)4-6-15(12)8-14-9/h8,10-11,13H,2-7H2,1H3. The van der Waals surface area contributed by atoms with Crippen LogP contribution in [0.4, 0.5) is 0 Å². The molecule has 15 heavy (non-hydrogen) atoms. The second kappa shape index (κ2) is 3.63. The maximum absolute atomic E-state index is 4.40. The van der Waals surface area contributed by atoms with Crippen LogP contribution in [0.3, 0.4) is 0 Å². The highest BCUT2D eigenvalue weighted by molar-refractivity contribution is 5.14. The Kier molecular flexibility index (Phi) is 2.28. The van der Waals surface area contributed by atoms with E-state index in [1.807, 2.05) is 6.33 Å². The molecule has 1 aromatic heterocycles. The predicted octanol–water partition coefficient (Wildman–Crippen LogP) is 1.51. The van der Waals surface area contributed by atoms with Gasteiger partial charge in [0.25, 0.3) is 0 Å². The second-order valence-corrected chi connectivity index (χ2v) is 4.93. The average molecular weight is 205 g/mol. The molecule has 2 unspecified atom stereocenters. The summed E-state index contributed by atoms with van der Waals surface area (Å²) in [5.74, 6) is 0.843. The summed E-state index contributed by atoms with van der Waals surface area (Å²) in [6, 6.07) is 0.771. The van der Waals surface area contributed by atoms with Crippen LogP contribution in [0, 0.1) is 12.8 Å². The second-order valence-electron chi connectivity index (χ2n) is 4.93. The highest BCUT2D eigenvalue weighted by Crippen LogP contribution is 2.28. The van der Waals surface area contributed by atoms with Crippen molar-refractivity contribution in [2.75, 3.05) is 6.54 Å². The average Bonchev–Trinajstić information content (AvgIpc) is 2.88. The number of nitrogens with one attached hydrogen (secondary N) is 1. The van der Waals surface area contributed by atoms with Crippen LogP contribution >= 0.6 is 0 Å². The predicted molar refractivity (Wildman–Crippen MR) is 59.8 cm³/mol. The first-order valence-electron chi connectivity index (χ1n) is 6.08. The fraction of sp³-hybridized carbons (Fsp3) is 0.750. The third-order valence-electron chi connectivity index (χ3n) is 4.02. The summed E-state index contributed by atoms with van der Waals surface area (Å²) >= 11 is 0. The Bertz CT molecular complexity index is 350. The Morgan fingerprint density at radius 1 is 1.47 bits per heavy atom. The van der Waals surface area contributed by atoms with Crippen LogP contribution in [0.15, 0.2) is 6.33 Å². The van der Waals surface area contributed by atoms with Crippen molar-refractivity contribution >= 4 is 0 Å². The molecule has 3 nitrogen and oxygen atoms in total. The quantitative estimate of drug-likeness (QED) is 0.753. The number of rotatable bonds is 1. The summed E-state index contributed by atoms with van der Waals surface area (Å²) in [4.78, 5) is 4.40. The van der Waals surface area contributed by atoms with Crippen LogP contribution in [0.5, 0.6) is 0 Å². The topological polar surface area (TPSA) is 29.9 Å². The maximum atomic E-state index is 4.40. The number of nitrogens with zero attached hydrogens (tertiary/aromatic N) is 2. The van der Waals surface area contributed by atoms with E-state index in [-0.39, 0.29) is 0 Å². The highest BCUT2D eigenvalue weighted by Gasteiger charge is 2.29. The lowest BCUT2D eigenvalue weighted by atomic mass is 9.87. The summed E-state index contributed by atoms with van der Waals surface area (Å²) in [7, 11) is 0. The molecule has 0 radical (unpaired) electrons. The number of imidazole rings is 1. The van der Waals surface area contributed by atoms with Gasteiger partial charge in [-0.05, 0) is 45.1 Å². The summed E-state index contributed by atoms with van der Waals surface area (Å²) < 4.78 is 2.33. The molecule has 1 N–H and O–H groups in total. The molecule has 2 aliphatic rings. The molecule has 0 bridgehead atoms. The Hall–Kier alpha value is -0.830. The van der Waals surface area contributed by atoms with Gasteiger partial charge in [0.15, 0.2) is 0 Å². The number of fused-ring (bicyclic) bond motifs is 1. The zero-order valence-corrected chi connectivity index (χ0v) is 9.37. The third kappa shape index (κ3) is 1.59. The number of aromatic nitrogens is 2. The molecule has 3 rings (SSSR count). The Morgan fingerprint density at radius 2 is 2.40 bits per heavy atom. The van der Waals surface area contributed by atoms with Crippen LogP contribution in [0.1, 0.15) is 30.7 Å². The Balaban J connectivity index is 1.78. The molecule has 1 fully saturated rings. The van der Waals surface area contributed by atoms with E-state index in [2.05, 4.69) is 21.8 Å². The largest absolute Gasteiger partial charge is 0.334 e. The van der Waals surface area contributed by atoms with Crippen molar-refractivity contribution in [1.82, 2.24) is 14.9 Å². The smallest absolute Gasteiger partial charge is 0.0951 e. The lowest BCUT2D eigenvalue weighted by molar-refractivity contribution is 0.310. The molecule has 2 atom stereocenters. The van der Waals surface area contributed by atoms with E-state index < -0.39 is 0 Å². The fourth-order valence-electron chi connectivity index (χ4n) is 3.08. The molecule has 0 spiro atoms. The van der Waals surface area contributed by atoms with E-state index in [4.69, 9.17) is 0 Å². The van der Waals surface area contributed by atoms with Crippen LogP contribution in [-0.4, -0.2) is 22.1 Å². The van der Waals surface area contributed by atoms with Gasteiger partial charge in [-0.3, -0.25) is 0 Å². The molecule has 82 valence electrons. The first kappa shape index (κ1) is 9.40. The summed E-state index contributed by atoms with van der Waals surface area (Å²) in [6.45, 7) is 4.52. The van der Waals surface area contributed by atoms with E-state index in [9.17, 15) is 0 Å². The molecule has 2 aliphatic heterocycles. The number of hydrogen-bond donors (Lipinski definition) is 1. The normalized spacial score (nSPS) is 30.5. The van der Waals surface area contributed by atoms with Crippen LogP contribution < -0.4 is 5.32 Å². The fourth-order valence-corrected chi connectivity index (χ4v) is 3.08.